The van der Waals surface area contributed by atoms with Gasteiger partial charge in [-0.15, -0.1) is 0 Å². The van der Waals surface area contributed by atoms with Crippen molar-refractivity contribution in [2.75, 3.05) is 52.7 Å². The molecule has 0 unspecified atom stereocenters. The van der Waals surface area contributed by atoms with Gasteiger partial charge in [-0.1, -0.05) is 37.2 Å². The molecule has 0 aromatic heterocycles. The zero-order valence-electron chi connectivity index (χ0n) is 20.6. The van der Waals surface area contributed by atoms with Crippen LogP contribution < -0.4 is 15.8 Å². The number of nitrogens with one attached hydrogen (secondary N) is 1. The first kappa shape index (κ1) is 27.0. The van der Waals surface area contributed by atoms with Crippen molar-refractivity contribution in [3.63, 3.8) is 0 Å². The average Bonchev–Trinajstić information content (AvgIpc) is 2.85. The quantitative estimate of drug-likeness (QED) is 0.384. The maximum atomic E-state index is 13.0. The normalized spacial score (nSPS) is 21.9. The first-order valence-electron chi connectivity index (χ1n) is 12.3. The highest BCUT2D eigenvalue weighted by molar-refractivity contribution is 7.80. The van der Waals surface area contributed by atoms with Crippen LogP contribution in [0.5, 0.6) is 5.75 Å². The van der Waals surface area contributed by atoms with E-state index in [9.17, 15) is 4.79 Å². The minimum atomic E-state index is -0.231. The van der Waals surface area contributed by atoms with E-state index in [1.807, 2.05) is 0 Å². The molecule has 2 heterocycles. The van der Waals surface area contributed by atoms with Crippen LogP contribution in [0.1, 0.15) is 55.8 Å². The lowest BCUT2D eigenvalue weighted by molar-refractivity contribution is -0.000286. The molecule has 34 heavy (non-hydrogen) atoms. The Morgan fingerprint density at radius 3 is 2.62 bits per heavy atom. The first-order chi connectivity index (χ1) is 16.4. The van der Waals surface area contributed by atoms with Crippen molar-refractivity contribution in [3.05, 3.63) is 22.7 Å². The topological polar surface area (TPSA) is 80.1 Å². The largest absolute Gasteiger partial charge is 0.496 e. The van der Waals surface area contributed by atoms with Crippen LogP contribution in [-0.2, 0) is 4.74 Å². The maximum Gasteiger partial charge on any atom is 0.255 e. The number of benzene rings is 1. The summed E-state index contributed by atoms with van der Waals surface area (Å²) in [4.78, 5) is 19.0. The Hall–Kier alpha value is -1.61. The van der Waals surface area contributed by atoms with Gasteiger partial charge in [-0.25, -0.2) is 0 Å². The van der Waals surface area contributed by atoms with E-state index >= 15 is 0 Å². The van der Waals surface area contributed by atoms with Gasteiger partial charge in [0.15, 0.2) is 0 Å². The highest BCUT2D eigenvalue weighted by Crippen LogP contribution is 2.29. The molecular formula is C25H39ClN4O3S. The molecule has 1 amide bonds. The molecule has 2 atom stereocenters. The van der Waals surface area contributed by atoms with E-state index in [2.05, 4.69) is 22.0 Å². The highest BCUT2D eigenvalue weighted by atomic mass is 35.5. The van der Waals surface area contributed by atoms with Crippen molar-refractivity contribution in [3.8, 4) is 5.75 Å². The summed E-state index contributed by atoms with van der Waals surface area (Å²) >= 11 is 11.8. The number of nitrogen functional groups attached to an aromatic ring is 1. The molecule has 9 heteroatoms. The second-order valence-corrected chi connectivity index (χ2v) is 10.3. The third kappa shape index (κ3) is 6.97. The summed E-state index contributed by atoms with van der Waals surface area (Å²) < 4.78 is 11.1. The maximum absolute atomic E-state index is 13.0. The van der Waals surface area contributed by atoms with E-state index < -0.39 is 0 Å². The van der Waals surface area contributed by atoms with Crippen molar-refractivity contribution in [1.82, 2.24) is 15.1 Å². The average molecular weight is 511 g/mol. The Morgan fingerprint density at radius 1 is 1.24 bits per heavy atom. The monoisotopic (exact) mass is 510 g/mol. The number of amides is 1. The standard InChI is InChI=1S/C25H39ClN4O3S/c1-4-5-6-24(34)30-11-7-17(8-12-30)15-29-10-9-21(23(16-29)33-3)28-25(31)18-13-19(26)20(27)14-22(18)32-2/h13-14,17,21,23H,4-12,15-16,27H2,1-3H3,(H,28,31)/t21-,23+/m1/s1. The third-order valence-electron chi connectivity index (χ3n) is 7.05. The van der Waals surface area contributed by atoms with E-state index in [0.29, 0.717) is 27.9 Å². The summed E-state index contributed by atoms with van der Waals surface area (Å²) in [6.07, 6.45) is 6.52. The van der Waals surface area contributed by atoms with Crippen LogP contribution in [0.2, 0.25) is 5.02 Å². The lowest BCUT2D eigenvalue weighted by atomic mass is 9.93. The number of piperidine rings is 2. The van der Waals surface area contributed by atoms with Gasteiger partial charge in [-0.05, 0) is 44.1 Å². The van der Waals surface area contributed by atoms with Gasteiger partial charge in [0.05, 0.1) is 40.5 Å². The van der Waals surface area contributed by atoms with E-state index in [1.165, 1.54) is 32.8 Å². The van der Waals surface area contributed by atoms with Crippen LogP contribution in [0.3, 0.4) is 0 Å². The number of thiocarbonyl (C=S) groups is 1. The number of halogens is 1. The highest BCUT2D eigenvalue weighted by Gasteiger charge is 2.33. The number of nitrogens with two attached hydrogens (primary N) is 1. The Morgan fingerprint density at radius 2 is 1.97 bits per heavy atom. The molecule has 7 nitrogen and oxygen atoms in total. The number of anilines is 1. The van der Waals surface area contributed by atoms with Gasteiger partial charge >= 0.3 is 0 Å². The van der Waals surface area contributed by atoms with Crippen LogP contribution in [0, 0.1) is 5.92 Å². The van der Waals surface area contributed by atoms with Crippen molar-refractivity contribution in [2.24, 2.45) is 5.92 Å². The lowest BCUT2D eigenvalue weighted by Gasteiger charge is -2.41. The third-order valence-corrected chi connectivity index (χ3v) is 7.84. The zero-order chi connectivity index (χ0) is 24.7. The molecule has 0 aliphatic carbocycles. The number of methoxy groups -OCH3 is 2. The van der Waals surface area contributed by atoms with Gasteiger partial charge < -0.3 is 30.3 Å². The van der Waals surface area contributed by atoms with Crippen molar-refractivity contribution < 1.29 is 14.3 Å². The predicted octanol–water partition coefficient (Wildman–Crippen LogP) is 3.98. The number of carbonyl (C=O) groups is 1. The molecule has 190 valence electrons. The minimum Gasteiger partial charge on any atom is -0.496 e. The smallest absolute Gasteiger partial charge is 0.255 e. The number of ether oxygens (including phenoxy) is 2. The molecule has 0 spiro atoms. The molecule has 0 radical (unpaired) electrons. The SMILES string of the molecule is CCCCC(=S)N1CCC(CN2CC[C@@H](NC(=O)c3cc(Cl)c(N)cc3OC)[C@@H](OC)C2)CC1. The van der Waals surface area contributed by atoms with Crippen molar-refractivity contribution in [1.29, 1.82) is 0 Å². The molecule has 1 aromatic carbocycles. The van der Waals surface area contributed by atoms with Gasteiger partial charge in [0.1, 0.15) is 5.75 Å². The predicted molar refractivity (Wildman–Crippen MR) is 142 cm³/mol. The van der Waals surface area contributed by atoms with Crippen molar-refractivity contribution in [2.45, 2.75) is 57.6 Å². The van der Waals surface area contributed by atoms with Crippen LogP contribution in [0.15, 0.2) is 12.1 Å². The molecule has 2 aliphatic heterocycles. The molecule has 2 aliphatic rings. The van der Waals surface area contributed by atoms with Crippen LogP contribution in [0.4, 0.5) is 5.69 Å². The van der Waals surface area contributed by atoms with E-state index in [4.69, 9.17) is 39.0 Å². The molecule has 2 saturated heterocycles. The van der Waals surface area contributed by atoms with Crippen LogP contribution >= 0.6 is 23.8 Å². The molecule has 2 fully saturated rings. The number of carbonyl (C=O) groups excluding carboxylic acids is 1. The number of likely N-dealkylation sites (tertiary alicyclic amines) is 2. The van der Waals surface area contributed by atoms with Gasteiger partial charge in [-0.3, -0.25) is 4.79 Å². The number of nitrogens with zero attached hydrogens (tertiary/aromatic N) is 2. The fourth-order valence-corrected chi connectivity index (χ4v) is 5.42. The van der Waals surface area contributed by atoms with Gasteiger partial charge in [0.2, 0.25) is 0 Å². The molecule has 3 rings (SSSR count). The van der Waals surface area contributed by atoms with Crippen molar-refractivity contribution >= 4 is 40.4 Å². The molecule has 0 bridgehead atoms. The summed E-state index contributed by atoms with van der Waals surface area (Å²) in [6.45, 7) is 7.15. The Kier molecular flexibility index (Phi) is 10.2. The Balaban J connectivity index is 1.50. The fourth-order valence-electron chi connectivity index (χ4n) is 4.93. The van der Waals surface area contributed by atoms with Crippen LogP contribution in [0.25, 0.3) is 0 Å². The zero-order valence-corrected chi connectivity index (χ0v) is 22.2. The second kappa shape index (κ2) is 12.9. The van der Waals surface area contributed by atoms with E-state index in [0.717, 1.165) is 50.6 Å². The number of unbranched alkanes of at least 4 members (excludes halogenated alkanes) is 1. The second-order valence-electron chi connectivity index (χ2n) is 9.40. The van der Waals surface area contributed by atoms with Gasteiger partial charge in [-0.2, -0.15) is 0 Å². The Bertz CT molecular complexity index is 848. The Labute approximate surface area is 214 Å². The summed E-state index contributed by atoms with van der Waals surface area (Å²) in [5, 5.41) is 3.46. The first-order valence-corrected chi connectivity index (χ1v) is 13.1. The lowest BCUT2D eigenvalue weighted by Crippen LogP contribution is -2.55. The summed E-state index contributed by atoms with van der Waals surface area (Å²) in [5.41, 5.74) is 6.61. The summed E-state index contributed by atoms with van der Waals surface area (Å²) in [7, 11) is 3.23. The fraction of sp³-hybridized carbons (Fsp3) is 0.680. The minimum absolute atomic E-state index is 0.0744. The van der Waals surface area contributed by atoms with E-state index in [-0.39, 0.29) is 18.1 Å². The van der Waals surface area contributed by atoms with Crippen LogP contribution in [-0.4, -0.2) is 79.8 Å². The number of hydrogen-bond donors (Lipinski definition) is 2. The van der Waals surface area contributed by atoms with Gasteiger partial charge in [0, 0.05) is 45.9 Å². The van der Waals surface area contributed by atoms with Gasteiger partial charge in [0.25, 0.3) is 5.91 Å². The number of rotatable bonds is 9. The molecule has 0 saturated carbocycles. The molecule has 1 aromatic rings. The molecule has 3 N–H and O–H groups in total. The van der Waals surface area contributed by atoms with E-state index in [1.54, 1.807) is 19.2 Å². The summed E-state index contributed by atoms with van der Waals surface area (Å²) in [6, 6.07) is 3.06. The number of hydrogen-bond acceptors (Lipinski definition) is 6. The molecular weight excluding hydrogens is 472 g/mol. The summed E-state index contributed by atoms with van der Waals surface area (Å²) in [5.74, 6) is 0.854.